The summed E-state index contributed by atoms with van der Waals surface area (Å²) in [4.78, 5) is 12.5. The van der Waals surface area contributed by atoms with Crippen LogP contribution in [0, 0.1) is 5.82 Å². The molecule has 0 spiro atoms. The highest BCUT2D eigenvalue weighted by molar-refractivity contribution is 9.10. The number of amides is 1. The van der Waals surface area contributed by atoms with Gasteiger partial charge in [0.2, 0.25) is 5.91 Å². The van der Waals surface area contributed by atoms with Crippen molar-refractivity contribution in [3.05, 3.63) is 63.9 Å². The molecule has 1 atom stereocenters. The molecular formula is C17H15BrFNO. The van der Waals surface area contributed by atoms with Gasteiger partial charge in [-0.05, 0) is 64.5 Å². The lowest BCUT2D eigenvalue weighted by Crippen LogP contribution is -2.24. The first-order valence-electron chi connectivity index (χ1n) is 6.99. The van der Waals surface area contributed by atoms with E-state index in [1.54, 1.807) is 12.1 Å². The molecule has 1 unspecified atom stereocenters. The van der Waals surface area contributed by atoms with E-state index < -0.39 is 0 Å². The summed E-state index contributed by atoms with van der Waals surface area (Å²) in [5.41, 5.74) is 2.83. The maximum absolute atomic E-state index is 13.5. The van der Waals surface area contributed by atoms with Crippen molar-refractivity contribution < 1.29 is 9.18 Å². The molecular weight excluding hydrogens is 333 g/mol. The van der Waals surface area contributed by atoms with Gasteiger partial charge in [-0.2, -0.15) is 0 Å². The third kappa shape index (κ3) is 3.00. The highest BCUT2D eigenvalue weighted by atomic mass is 79.9. The van der Waals surface area contributed by atoms with Crippen LogP contribution in [0.25, 0.3) is 0 Å². The smallest absolute Gasteiger partial charge is 0.231 e. The molecule has 2 nitrogen and oxygen atoms in total. The van der Waals surface area contributed by atoms with E-state index in [1.165, 1.54) is 11.6 Å². The number of hydrogen-bond donors (Lipinski definition) is 1. The zero-order valence-corrected chi connectivity index (χ0v) is 13.0. The second kappa shape index (κ2) is 5.98. The second-order valence-electron chi connectivity index (χ2n) is 5.26. The Bertz CT molecular complexity index is 686. The Morgan fingerprint density at radius 1 is 1.24 bits per heavy atom. The first kappa shape index (κ1) is 14.3. The molecule has 3 rings (SSSR count). The van der Waals surface area contributed by atoms with Crippen molar-refractivity contribution in [2.24, 2.45) is 0 Å². The lowest BCUT2D eigenvalue weighted by atomic mass is 9.82. The van der Waals surface area contributed by atoms with Crippen LogP contribution in [0.3, 0.4) is 0 Å². The quantitative estimate of drug-likeness (QED) is 0.841. The van der Waals surface area contributed by atoms with Crippen molar-refractivity contribution in [1.82, 2.24) is 0 Å². The minimum absolute atomic E-state index is 0.0659. The van der Waals surface area contributed by atoms with Crippen LogP contribution in [-0.4, -0.2) is 5.91 Å². The Hall–Kier alpha value is -1.68. The summed E-state index contributed by atoms with van der Waals surface area (Å²) >= 11 is 3.11. The predicted octanol–water partition coefficient (Wildman–Crippen LogP) is 4.65. The number of anilines is 1. The SMILES string of the molecule is O=C(Nc1ccc(Br)c(F)c1)C1CCCc2ccccc21. The molecule has 0 bridgehead atoms. The minimum atomic E-state index is -0.378. The first-order chi connectivity index (χ1) is 10.1. The van der Waals surface area contributed by atoms with Crippen LogP contribution in [0.1, 0.15) is 29.9 Å². The first-order valence-corrected chi connectivity index (χ1v) is 7.78. The van der Waals surface area contributed by atoms with Crippen LogP contribution < -0.4 is 5.32 Å². The molecule has 1 aliphatic carbocycles. The third-order valence-electron chi connectivity index (χ3n) is 3.87. The standard InChI is InChI=1S/C17H15BrFNO/c18-15-9-8-12(10-16(15)19)20-17(21)14-7-3-5-11-4-1-2-6-13(11)14/h1-2,4,6,8-10,14H,3,5,7H2,(H,20,21). The molecule has 0 heterocycles. The number of benzene rings is 2. The topological polar surface area (TPSA) is 29.1 Å². The fraction of sp³-hybridized carbons (Fsp3) is 0.235. The summed E-state index contributed by atoms with van der Waals surface area (Å²) in [6.07, 6.45) is 2.86. The Kier molecular flexibility index (Phi) is 4.06. The molecule has 21 heavy (non-hydrogen) atoms. The molecule has 2 aromatic carbocycles. The highest BCUT2D eigenvalue weighted by Crippen LogP contribution is 2.32. The van der Waals surface area contributed by atoms with Crippen molar-refractivity contribution in [3.8, 4) is 0 Å². The summed E-state index contributed by atoms with van der Waals surface area (Å²) < 4.78 is 13.9. The van der Waals surface area contributed by atoms with Crippen LogP contribution in [0.2, 0.25) is 0 Å². The van der Waals surface area contributed by atoms with E-state index in [0.717, 1.165) is 24.8 Å². The lowest BCUT2D eigenvalue weighted by Gasteiger charge is -2.24. The fourth-order valence-corrected chi connectivity index (χ4v) is 3.08. The van der Waals surface area contributed by atoms with Gasteiger partial charge in [0.05, 0.1) is 10.4 Å². The molecule has 0 saturated heterocycles. The van der Waals surface area contributed by atoms with Crippen molar-refractivity contribution in [2.45, 2.75) is 25.2 Å². The van der Waals surface area contributed by atoms with Gasteiger partial charge in [0.1, 0.15) is 5.82 Å². The number of rotatable bonds is 2. The Morgan fingerprint density at radius 3 is 2.86 bits per heavy atom. The van der Waals surface area contributed by atoms with E-state index >= 15 is 0 Å². The molecule has 1 amide bonds. The van der Waals surface area contributed by atoms with E-state index in [1.807, 2.05) is 18.2 Å². The van der Waals surface area contributed by atoms with Gasteiger partial charge in [-0.1, -0.05) is 24.3 Å². The van der Waals surface area contributed by atoms with Crippen molar-refractivity contribution in [1.29, 1.82) is 0 Å². The molecule has 1 aliphatic rings. The number of carbonyl (C=O) groups excluding carboxylic acids is 1. The van der Waals surface area contributed by atoms with E-state index in [2.05, 4.69) is 27.3 Å². The molecule has 1 N–H and O–H groups in total. The molecule has 0 aromatic heterocycles. The van der Waals surface area contributed by atoms with Crippen LogP contribution in [0.5, 0.6) is 0 Å². The summed E-state index contributed by atoms with van der Waals surface area (Å²) in [6.45, 7) is 0. The Balaban J connectivity index is 1.81. The van der Waals surface area contributed by atoms with Gasteiger partial charge in [-0.25, -0.2) is 4.39 Å². The average molecular weight is 348 g/mol. The molecule has 0 fully saturated rings. The largest absolute Gasteiger partial charge is 0.325 e. The minimum Gasteiger partial charge on any atom is -0.325 e. The average Bonchev–Trinajstić information content (AvgIpc) is 2.50. The summed E-state index contributed by atoms with van der Waals surface area (Å²) in [5.74, 6) is -0.595. The monoisotopic (exact) mass is 347 g/mol. The third-order valence-corrected chi connectivity index (χ3v) is 4.52. The van der Waals surface area contributed by atoms with Crippen LogP contribution >= 0.6 is 15.9 Å². The Labute approximate surface area is 131 Å². The normalized spacial score (nSPS) is 17.1. The second-order valence-corrected chi connectivity index (χ2v) is 6.12. The summed E-state index contributed by atoms with van der Waals surface area (Å²) in [5, 5.41) is 2.82. The lowest BCUT2D eigenvalue weighted by molar-refractivity contribution is -0.117. The van der Waals surface area contributed by atoms with Gasteiger partial charge >= 0.3 is 0 Å². The van der Waals surface area contributed by atoms with E-state index in [9.17, 15) is 9.18 Å². The number of aryl methyl sites for hydroxylation is 1. The zero-order chi connectivity index (χ0) is 14.8. The fourth-order valence-electron chi connectivity index (χ4n) is 2.83. The Morgan fingerprint density at radius 2 is 2.05 bits per heavy atom. The number of nitrogens with one attached hydrogen (secondary N) is 1. The summed E-state index contributed by atoms with van der Waals surface area (Å²) in [6, 6.07) is 12.7. The predicted molar refractivity (Wildman–Crippen MR) is 84.9 cm³/mol. The van der Waals surface area contributed by atoms with Crippen molar-refractivity contribution in [3.63, 3.8) is 0 Å². The highest BCUT2D eigenvalue weighted by Gasteiger charge is 2.26. The van der Waals surface area contributed by atoms with Gasteiger partial charge in [-0.3, -0.25) is 4.79 Å². The van der Waals surface area contributed by atoms with Gasteiger partial charge in [0.25, 0.3) is 0 Å². The molecule has 2 aromatic rings. The maximum atomic E-state index is 13.5. The van der Waals surface area contributed by atoms with Gasteiger partial charge in [-0.15, -0.1) is 0 Å². The summed E-state index contributed by atoms with van der Waals surface area (Å²) in [7, 11) is 0. The van der Waals surface area contributed by atoms with Crippen molar-refractivity contribution in [2.75, 3.05) is 5.32 Å². The molecule has 0 aliphatic heterocycles. The molecule has 0 radical (unpaired) electrons. The van der Waals surface area contributed by atoms with Gasteiger partial charge in [0.15, 0.2) is 0 Å². The van der Waals surface area contributed by atoms with Crippen LogP contribution in [0.15, 0.2) is 46.9 Å². The van der Waals surface area contributed by atoms with Gasteiger partial charge in [0, 0.05) is 5.69 Å². The van der Waals surface area contributed by atoms with Crippen molar-refractivity contribution >= 4 is 27.5 Å². The van der Waals surface area contributed by atoms with Crippen LogP contribution in [-0.2, 0) is 11.2 Å². The maximum Gasteiger partial charge on any atom is 0.231 e. The molecule has 4 heteroatoms. The van der Waals surface area contributed by atoms with Gasteiger partial charge < -0.3 is 5.32 Å². The number of halogens is 2. The van der Waals surface area contributed by atoms with Crippen LogP contribution in [0.4, 0.5) is 10.1 Å². The molecule has 108 valence electrons. The number of fused-ring (bicyclic) bond motifs is 1. The molecule has 0 saturated carbocycles. The number of hydrogen-bond acceptors (Lipinski definition) is 1. The number of carbonyl (C=O) groups is 1. The zero-order valence-electron chi connectivity index (χ0n) is 11.4. The van der Waals surface area contributed by atoms with E-state index in [-0.39, 0.29) is 17.6 Å². The van der Waals surface area contributed by atoms with E-state index in [4.69, 9.17) is 0 Å². The van der Waals surface area contributed by atoms with E-state index in [0.29, 0.717) is 10.2 Å².